The summed E-state index contributed by atoms with van der Waals surface area (Å²) in [5, 5.41) is 7.70. The second kappa shape index (κ2) is 4.42. The highest BCUT2D eigenvalue weighted by Gasteiger charge is 2.15. The number of nitrogens with zero attached hydrogens (tertiary/aromatic N) is 1. The summed E-state index contributed by atoms with van der Waals surface area (Å²) in [6, 6.07) is 4.19. The van der Waals surface area contributed by atoms with Crippen LogP contribution in [-0.4, -0.2) is 29.1 Å². The molecule has 18 heavy (non-hydrogen) atoms. The van der Waals surface area contributed by atoms with Crippen LogP contribution in [0.5, 0.6) is 0 Å². The molecule has 0 bridgehead atoms. The lowest BCUT2D eigenvalue weighted by atomic mass is 10.2. The molecule has 1 atom stereocenters. The average Bonchev–Trinajstić information content (AvgIpc) is 2.84. The van der Waals surface area contributed by atoms with Gasteiger partial charge < -0.3 is 15.6 Å². The van der Waals surface area contributed by atoms with E-state index in [0.29, 0.717) is 6.04 Å². The van der Waals surface area contributed by atoms with Gasteiger partial charge in [0, 0.05) is 29.7 Å². The van der Waals surface area contributed by atoms with Crippen molar-refractivity contribution in [3.63, 3.8) is 0 Å². The highest BCUT2D eigenvalue weighted by atomic mass is 16.1. The molecule has 1 aliphatic rings. The van der Waals surface area contributed by atoms with Gasteiger partial charge in [-0.1, -0.05) is 0 Å². The van der Waals surface area contributed by atoms with Gasteiger partial charge in [0.25, 0.3) is 5.56 Å². The summed E-state index contributed by atoms with van der Waals surface area (Å²) in [7, 11) is 0. The highest BCUT2D eigenvalue weighted by Crippen LogP contribution is 2.19. The number of nitrogens with one attached hydrogen (secondary N) is 3. The van der Waals surface area contributed by atoms with E-state index in [9.17, 15) is 4.79 Å². The summed E-state index contributed by atoms with van der Waals surface area (Å²) in [5.41, 5.74) is 1.46. The normalized spacial score (nSPS) is 19.3. The van der Waals surface area contributed by atoms with Gasteiger partial charge in [-0.15, -0.1) is 0 Å². The third-order valence-corrected chi connectivity index (χ3v) is 3.35. The standard InChI is InChI=1S/C13H16N4O/c1-8-6-9-2-5-15-12(11(9)17-13(8)18)16-10-3-4-14-7-10/h2,5-6,10,14H,3-4,7H2,1H3,(H,15,16)(H,17,18)/t10-/m1/s1. The fraction of sp³-hybridized carbons (Fsp3) is 0.385. The third kappa shape index (κ3) is 1.97. The Kier molecular flexibility index (Phi) is 2.76. The zero-order valence-electron chi connectivity index (χ0n) is 10.3. The number of pyridine rings is 2. The summed E-state index contributed by atoms with van der Waals surface area (Å²) >= 11 is 0. The number of H-pyrrole nitrogens is 1. The number of hydrogen-bond donors (Lipinski definition) is 3. The van der Waals surface area contributed by atoms with E-state index in [2.05, 4.69) is 20.6 Å². The number of aromatic nitrogens is 2. The Hall–Kier alpha value is -1.88. The van der Waals surface area contributed by atoms with E-state index >= 15 is 0 Å². The first-order chi connectivity index (χ1) is 8.74. The molecule has 2 aromatic heterocycles. The van der Waals surface area contributed by atoms with Crippen molar-refractivity contribution in [2.75, 3.05) is 18.4 Å². The minimum Gasteiger partial charge on any atom is -0.364 e. The van der Waals surface area contributed by atoms with Gasteiger partial charge >= 0.3 is 0 Å². The van der Waals surface area contributed by atoms with Gasteiger partial charge in [-0.3, -0.25) is 4.79 Å². The largest absolute Gasteiger partial charge is 0.364 e. The van der Waals surface area contributed by atoms with Crippen molar-refractivity contribution in [1.82, 2.24) is 15.3 Å². The summed E-state index contributed by atoms with van der Waals surface area (Å²) in [6.45, 7) is 3.78. The molecule has 2 aromatic rings. The van der Waals surface area contributed by atoms with Crippen LogP contribution in [0.2, 0.25) is 0 Å². The van der Waals surface area contributed by atoms with Crippen molar-refractivity contribution in [2.45, 2.75) is 19.4 Å². The molecular formula is C13H16N4O. The van der Waals surface area contributed by atoms with Crippen LogP contribution in [0, 0.1) is 6.92 Å². The maximum atomic E-state index is 11.7. The van der Waals surface area contributed by atoms with E-state index in [1.165, 1.54) is 0 Å². The van der Waals surface area contributed by atoms with Crippen molar-refractivity contribution in [3.05, 3.63) is 34.2 Å². The van der Waals surface area contributed by atoms with Crippen LogP contribution in [0.25, 0.3) is 10.9 Å². The number of rotatable bonds is 2. The SMILES string of the molecule is Cc1cc2ccnc(N[C@@H]3CCNC3)c2[nH]c1=O. The Bertz CT molecular complexity index is 628. The Labute approximate surface area is 105 Å². The van der Waals surface area contributed by atoms with Gasteiger partial charge in [-0.2, -0.15) is 0 Å². The summed E-state index contributed by atoms with van der Waals surface area (Å²) in [4.78, 5) is 18.9. The molecule has 3 rings (SSSR count). The zero-order chi connectivity index (χ0) is 12.5. The number of anilines is 1. The van der Waals surface area contributed by atoms with Crippen molar-refractivity contribution in [1.29, 1.82) is 0 Å². The maximum Gasteiger partial charge on any atom is 0.251 e. The molecule has 1 saturated heterocycles. The van der Waals surface area contributed by atoms with Crippen LogP contribution >= 0.6 is 0 Å². The molecule has 0 radical (unpaired) electrons. The minimum absolute atomic E-state index is 0.0527. The Balaban J connectivity index is 2.05. The molecule has 1 aliphatic heterocycles. The topological polar surface area (TPSA) is 69.8 Å². The van der Waals surface area contributed by atoms with E-state index in [-0.39, 0.29) is 5.56 Å². The van der Waals surface area contributed by atoms with Gasteiger partial charge in [0.2, 0.25) is 0 Å². The molecule has 5 nitrogen and oxygen atoms in total. The summed E-state index contributed by atoms with van der Waals surface area (Å²) < 4.78 is 0. The molecular weight excluding hydrogens is 228 g/mol. The molecule has 3 N–H and O–H groups in total. The number of hydrogen-bond acceptors (Lipinski definition) is 4. The minimum atomic E-state index is -0.0527. The van der Waals surface area contributed by atoms with Crippen molar-refractivity contribution in [2.24, 2.45) is 0 Å². The second-order valence-electron chi connectivity index (χ2n) is 4.74. The maximum absolute atomic E-state index is 11.7. The lowest BCUT2D eigenvalue weighted by Gasteiger charge is -2.13. The van der Waals surface area contributed by atoms with Gasteiger partial charge in [0.15, 0.2) is 5.82 Å². The van der Waals surface area contributed by atoms with Crippen molar-refractivity contribution >= 4 is 16.7 Å². The molecule has 0 aliphatic carbocycles. The molecule has 94 valence electrons. The van der Waals surface area contributed by atoms with Crippen LogP contribution in [-0.2, 0) is 0 Å². The predicted octanol–water partition coefficient (Wildman–Crippen LogP) is 1.01. The molecule has 0 saturated carbocycles. The monoisotopic (exact) mass is 244 g/mol. The van der Waals surface area contributed by atoms with E-state index < -0.39 is 0 Å². The number of aromatic amines is 1. The molecule has 0 aromatic carbocycles. The third-order valence-electron chi connectivity index (χ3n) is 3.35. The quantitative estimate of drug-likeness (QED) is 0.737. The molecule has 5 heteroatoms. The molecule has 3 heterocycles. The molecule has 0 unspecified atom stereocenters. The highest BCUT2D eigenvalue weighted by molar-refractivity contribution is 5.88. The zero-order valence-corrected chi connectivity index (χ0v) is 10.3. The average molecular weight is 244 g/mol. The van der Waals surface area contributed by atoms with E-state index in [4.69, 9.17) is 0 Å². The fourth-order valence-electron chi connectivity index (χ4n) is 2.32. The van der Waals surface area contributed by atoms with Crippen LogP contribution in [0.15, 0.2) is 23.1 Å². The van der Waals surface area contributed by atoms with E-state index in [1.807, 2.05) is 19.1 Å². The van der Waals surface area contributed by atoms with Gasteiger partial charge in [0.05, 0.1) is 5.52 Å². The Morgan fingerprint density at radius 2 is 2.39 bits per heavy atom. The Morgan fingerprint density at radius 1 is 1.50 bits per heavy atom. The first-order valence-electron chi connectivity index (χ1n) is 6.20. The Morgan fingerprint density at radius 3 is 3.17 bits per heavy atom. The summed E-state index contributed by atoms with van der Waals surface area (Å²) in [6.07, 6.45) is 2.85. The van der Waals surface area contributed by atoms with Crippen LogP contribution in [0.1, 0.15) is 12.0 Å². The van der Waals surface area contributed by atoms with Crippen LogP contribution < -0.4 is 16.2 Å². The molecule has 1 fully saturated rings. The first kappa shape index (κ1) is 11.2. The van der Waals surface area contributed by atoms with E-state index in [1.54, 1.807) is 6.20 Å². The first-order valence-corrected chi connectivity index (χ1v) is 6.20. The van der Waals surface area contributed by atoms with Crippen molar-refractivity contribution < 1.29 is 0 Å². The second-order valence-corrected chi connectivity index (χ2v) is 4.74. The van der Waals surface area contributed by atoms with Crippen molar-refractivity contribution in [3.8, 4) is 0 Å². The van der Waals surface area contributed by atoms with Gasteiger partial charge in [-0.25, -0.2) is 4.98 Å². The fourth-order valence-corrected chi connectivity index (χ4v) is 2.32. The summed E-state index contributed by atoms with van der Waals surface area (Å²) in [5.74, 6) is 0.762. The molecule has 0 amide bonds. The van der Waals surface area contributed by atoms with E-state index in [0.717, 1.165) is 41.8 Å². The van der Waals surface area contributed by atoms with Gasteiger partial charge in [0.1, 0.15) is 0 Å². The van der Waals surface area contributed by atoms with Gasteiger partial charge in [-0.05, 0) is 32.0 Å². The predicted molar refractivity (Wildman–Crippen MR) is 72.0 cm³/mol. The number of aryl methyl sites for hydroxylation is 1. The lowest BCUT2D eigenvalue weighted by Crippen LogP contribution is -2.23. The van der Waals surface area contributed by atoms with Crippen LogP contribution in [0.3, 0.4) is 0 Å². The number of fused-ring (bicyclic) bond motifs is 1. The molecule has 0 spiro atoms. The lowest BCUT2D eigenvalue weighted by molar-refractivity contribution is 0.789. The smallest absolute Gasteiger partial charge is 0.251 e. The van der Waals surface area contributed by atoms with Crippen LogP contribution in [0.4, 0.5) is 5.82 Å².